The number of hydrogen-bond donors (Lipinski definition) is 1. The van der Waals surface area contributed by atoms with E-state index in [1.54, 1.807) is 7.11 Å². The van der Waals surface area contributed by atoms with Crippen LogP contribution in [0.15, 0.2) is 0 Å². The van der Waals surface area contributed by atoms with Gasteiger partial charge in [0.25, 0.3) is 0 Å². The maximum Gasteiger partial charge on any atom is 0.0462 e. The first-order valence-electron chi connectivity index (χ1n) is 6.21. The lowest BCUT2D eigenvalue weighted by Crippen LogP contribution is -2.37. The summed E-state index contributed by atoms with van der Waals surface area (Å²) in [6.07, 6.45) is 5.19. The summed E-state index contributed by atoms with van der Waals surface area (Å²) in [4.78, 5) is 2.47. The van der Waals surface area contributed by atoms with Crippen molar-refractivity contribution >= 4 is 0 Å². The third-order valence-electron chi connectivity index (χ3n) is 3.11. The maximum atomic E-state index is 5.05. The molecule has 0 saturated carbocycles. The fourth-order valence-corrected chi connectivity index (χ4v) is 2.24. The third kappa shape index (κ3) is 6.13. The maximum absolute atomic E-state index is 5.05. The molecule has 0 bridgehead atoms. The van der Waals surface area contributed by atoms with E-state index >= 15 is 0 Å². The van der Waals surface area contributed by atoms with Gasteiger partial charge in [0.1, 0.15) is 0 Å². The fourth-order valence-electron chi connectivity index (χ4n) is 2.24. The third-order valence-corrected chi connectivity index (χ3v) is 3.11. The Labute approximate surface area is 94.2 Å². The molecule has 1 unspecified atom stereocenters. The smallest absolute Gasteiger partial charge is 0.0462 e. The molecule has 1 rings (SSSR count). The quantitative estimate of drug-likeness (QED) is 0.647. The monoisotopic (exact) mass is 214 g/mol. The van der Waals surface area contributed by atoms with Gasteiger partial charge in [0, 0.05) is 20.3 Å². The highest BCUT2D eigenvalue weighted by molar-refractivity contribution is 4.71. The minimum absolute atomic E-state index is 0.867. The zero-order valence-electron chi connectivity index (χ0n) is 10.3. The molecule has 15 heavy (non-hydrogen) atoms. The first-order chi connectivity index (χ1) is 7.33. The second-order valence-corrected chi connectivity index (χ2v) is 4.67. The number of nitrogens with one attached hydrogen (secondary N) is 1. The van der Waals surface area contributed by atoms with Crippen molar-refractivity contribution in [1.29, 1.82) is 0 Å². The summed E-state index contributed by atoms with van der Waals surface area (Å²) in [5.41, 5.74) is 0. The van der Waals surface area contributed by atoms with Gasteiger partial charge in [-0.15, -0.1) is 0 Å². The molecule has 0 aromatic carbocycles. The molecule has 1 N–H and O–H groups in total. The largest absolute Gasteiger partial charge is 0.385 e. The van der Waals surface area contributed by atoms with Crippen LogP contribution in [0.4, 0.5) is 0 Å². The van der Waals surface area contributed by atoms with Crippen LogP contribution in [0.2, 0.25) is 0 Å². The molecule has 0 amide bonds. The highest BCUT2D eigenvalue weighted by atomic mass is 16.5. The van der Waals surface area contributed by atoms with Gasteiger partial charge >= 0.3 is 0 Å². The molecular weight excluding hydrogens is 188 g/mol. The molecule has 3 heteroatoms. The van der Waals surface area contributed by atoms with Crippen LogP contribution in [0.1, 0.15) is 25.7 Å². The highest BCUT2D eigenvalue weighted by Crippen LogP contribution is 2.11. The minimum Gasteiger partial charge on any atom is -0.385 e. The summed E-state index contributed by atoms with van der Waals surface area (Å²) in [6.45, 7) is 5.79. The fraction of sp³-hybridized carbons (Fsp3) is 1.00. The van der Waals surface area contributed by atoms with E-state index in [2.05, 4.69) is 17.3 Å². The number of nitrogens with zero attached hydrogens (tertiary/aromatic N) is 1. The van der Waals surface area contributed by atoms with Gasteiger partial charge in [-0.3, -0.25) is 0 Å². The van der Waals surface area contributed by atoms with Gasteiger partial charge in [0.15, 0.2) is 0 Å². The summed E-state index contributed by atoms with van der Waals surface area (Å²) >= 11 is 0. The van der Waals surface area contributed by atoms with Crippen LogP contribution < -0.4 is 5.32 Å². The van der Waals surface area contributed by atoms with Gasteiger partial charge in [0.2, 0.25) is 0 Å². The number of unbranched alkanes of at least 4 members (excludes halogenated alkanes) is 1. The van der Waals surface area contributed by atoms with E-state index in [1.165, 1.54) is 51.9 Å². The number of hydrogen-bond acceptors (Lipinski definition) is 3. The molecule has 3 nitrogen and oxygen atoms in total. The van der Waals surface area contributed by atoms with Gasteiger partial charge in [-0.2, -0.15) is 0 Å². The van der Waals surface area contributed by atoms with Crippen molar-refractivity contribution in [2.24, 2.45) is 5.92 Å². The predicted octanol–water partition coefficient (Wildman–Crippen LogP) is 1.34. The Balaban J connectivity index is 1.98. The molecule has 1 atom stereocenters. The van der Waals surface area contributed by atoms with Crippen LogP contribution in [0.25, 0.3) is 0 Å². The van der Waals surface area contributed by atoms with Crippen molar-refractivity contribution in [1.82, 2.24) is 10.2 Å². The van der Waals surface area contributed by atoms with Crippen molar-refractivity contribution in [3.63, 3.8) is 0 Å². The number of piperidine rings is 1. The van der Waals surface area contributed by atoms with E-state index < -0.39 is 0 Å². The second kappa shape index (κ2) is 8.08. The molecule has 0 aromatic rings. The first-order valence-corrected chi connectivity index (χ1v) is 6.21. The summed E-state index contributed by atoms with van der Waals surface area (Å²) in [6, 6.07) is 0. The standard InChI is InChI=1S/C12H26N2O/c1-14(8-3-4-9-15-2)11-12-6-5-7-13-10-12/h12-13H,3-11H2,1-2H3. The molecule has 1 fully saturated rings. The van der Waals surface area contributed by atoms with Crippen LogP contribution in [-0.2, 0) is 4.74 Å². The molecule has 1 aliphatic rings. The zero-order valence-corrected chi connectivity index (χ0v) is 10.3. The van der Waals surface area contributed by atoms with Crippen molar-refractivity contribution in [2.75, 3.05) is 46.9 Å². The lowest BCUT2D eigenvalue weighted by atomic mass is 9.99. The number of ether oxygens (including phenoxy) is 1. The molecule has 1 heterocycles. The SMILES string of the molecule is COCCCCN(C)CC1CCCNC1. The topological polar surface area (TPSA) is 24.5 Å². The Hall–Kier alpha value is -0.120. The van der Waals surface area contributed by atoms with E-state index in [0.717, 1.165) is 12.5 Å². The highest BCUT2D eigenvalue weighted by Gasteiger charge is 2.14. The van der Waals surface area contributed by atoms with Gasteiger partial charge < -0.3 is 15.0 Å². The van der Waals surface area contributed by atoms with Crippen molar-refractivity contribution < 1.29 is 4.74 Å². The molecule has 0 spiro atoms. The zero-order chi connectivity index (χ0) is 10.9. The Kier molecular flexibility index (Phi) is 6.98. The molecule has 1 saturated heterocycles. The molecule has 1 aliphatic heterocycles. The summed E-state index contributed by atoms with van der Waals surface area (Å²) < 4.78 is 5.05. The van der Waals surface area contributed by atoms with Crippen LogP contribution >= 0.6 is 0 Å². The van der Waals surface area contributed by atoms with Gasteiger partial charge in [-0.05, 0) is 58.3 Å². The number of methoxy groups -OCH3 is 1. The van der Waals surface area contributed by atoms with Crippen LogP contribution in [0.3, 0.4) is 0 Å². The Bertz CT molecular complexity index is 147. The van der Waals surface area contributed by atoms with Gasteiger partial charge in [0.05, 0.1) is 0 Å². The van der Waals surface area contributed by atoms with Crippen molar-refractivity contribution in [3.8, 4) is 0 Å². The van der Waals surface area contributed by atoms with E-state index in [1.807, 2.05) is 0 Å². The molecule has 0 radical (unpaired) electrons. The lowest BCUT2D eigenvalue weighted by molar-refractivity contribution is 0.182. The van der Waals surface area contributed by atoms with E-state index in [9.17, 15) is 0 Å². The number of rotatable bonds is 7. The van der Waals surface area contributed by atoms with Crippen molar-refractivity contribution in [2.45, 2.75) is 25.7 Å². The average Bonchev–Trinajstić information content (AvgIpc) is 2.26. The average molecular weight is 214 g/mol. The molecular formula is C12H26N2O. The van der Waals surface area contributed by atoms with E-state index in [4.69, 9.17) is 4.74 Å². The van der Waals surface area contributed by atoms with Gasteiger partial charge in [-0.25, -0.2) is 0 Å². The second-order valence-electron chi connectivity index (χ2n) is 4.67. The Morgan fingerprint density at radius 1 is 1.40 bits per heavy atom. The Morgan fingerprint density at radius 3 is 2.93 bits per heavy atom. The van der Waals surface area contributed by atoms with Crippen LogP contribution in [-0.4, -0.2) is 51.8 Å². The van der Waals surface area contributed by atoms with E-state index in [-0.39, 0.29) is 0 Å². The van der Waals surface area contributed by atoms with Crippen LogP contribution in [0, 0.1) is 5.92 Å². The molecule has 90 valence electrons. The predicted molar refractivity (Wildman–Crippen MR) is 64.2 cm³/mol. The summed E-state index contributed by atoms with van der Waals surface area (Å²) in [5, 5.41) is 3.47. The Morgan fingerprint density at radius 2 is 2.27 bits per heavy atom. The van der Waals surface area contributed by atoms with E-state index in [0.29, 0.717) is 0 Å². The van der Waals surface area contributed by atoms with Crippen molar-refractivity contribution in [3.05, 3.63) is 0 Å². The summed E-state index contributed by atoms with van der Waals surface area (Å²) in [7, 11) is 4.01. The normalized spacial score (nSPS) is 22.2. The molecule has 0 aromatic heterocycles. The van der Waals surface area contributed by atoms with Gasteiger partial charge in [-0.1, -0.05) is 0 Å². The lowest BCUT2D eigenvalue weighted by Gasteiger charge is -2.27. The first kappa shape index (κ1) is 12.9. The molecule has 0 aliphatic carbocycles. The minimum atomic E-state index is 0.867. The summed E-state index contributed by atoms with van der Waals surface area (Å²) in [5.74, 6) is 0.867. The van der Waals surface area contributed by atoms with Crippen LogP contribution in [0.5, 0.6) is 0 Å².